The summed E-state index contributed by atoms with van der Waals surface area (Å²) in [5.74, 6) is -0.226. The summed E-state index contributed by atoms with van der Waals surface area (Å²) in [5.41, 5.74) is -0.473. The molecule has 9 heteroatoms. The van der Waals surface area contributed by atoms with Crippen molar-refractivity contribution in [1.29, 1.82) is 0 Å². The van der Waals surface area contributed by atoms with Crippen molar-refractivity contribution in [2.24, 2.45) is 0 Å². The molecule has 1 aromatic carbocycles. The third-order valence-corrected chi connectivity index (χ3v) is 6.47. The molecule has 2 aliphatic heterocycles. The maximum Gasteiger partial charge on any atom is 0.416 e. The van der Waals surface area contributed by atoms with Gasteiger partial charge in [-0.05, 0) is 30.2 Å². The fraction of sp³-hybridized carbons (Fsp3) is 0.333. The van der Waals surface area contributed by atoms with Crippen LogP contribution in [0.4, 0.5) is 13.2 Å². The summed E-state index contributed by atoms with van der Waals surface area (Å²) < 4.78 is 38.1. The number of halogens is 4. The van der Waals surface area contributed by atoms with Gasteiger partial charge in [0.25, 0.3) is 5.91 Å². The zero-order valence-corrected chi connectivity index (χ0v) is 15.5. The number of carbonyl (C=O) groups excluding carboxylic acids is 2. The van der Waals surface area contributed by atoms with E-state index in [1.54, 1.807) is 11.0 Å². The first-order valence-electron chi connectivity index (χ1n) is 8.24. The molecular weight excluding hydrogens is 401 g/mol. The summed E-state index contributed by atoms with van der Waals surface area (Å²) in [6, 6.07) is 6.34. The van der Waals surface area contributed by atoms with Crippen LogP contribution >= 0.6 is 22.9 Å². The predicted molar refractivity (Wildman–Crippen MR) is 95.8 cm³/mol. The fourth-order valence-electron chi connectivity index (χ4n) is 3.46. The Morgan fingerprint density at radius 1 is 1.22 bits per heavy atom. The summed E-state index contributed by atoms with van der Waals surface area (Å²) in [6.45, 7) is 0.892. The van der Waals surface area contributed by atoms with Crippen LogP contribution in [0.1, 0.15) is 28.1 Å². The quantitative estimate of drug-likeness (QED) is 0.801. The van der Waals surface area contributed by atoms with Crippen molar-refractivity contribution in [3.63, 3.8) is 0 Å². The molecule has 0 saturated carbocycles. The minimum atomic E-state index is -4.39. The molecule has 4 rings (SSSR count). The first kappa shape index (κ1) is 18.3. The third-order valence-electron chi connectivity index (χ3n) is 4.89. The number of hydrogen-bond donors (Lipinski definition) is 1. The molecule has 0 unspecified atom stereocenters. The molecule has 1 spiro atoms. The maximum absolute atomic E-state index is 12.7. The Hall–Kier alpha value is -2.06. The molecule has 4 nitrogen and oxygen atoms in total. The van der Waals surface area contributed by atoms with Crippen molar-refractivity contribution in [3.8, 4) is 10.4 Å². The van der Waals surface area contributed by atoms with Gasteiger partial charge in [-0.15, -0.1) is 11.3 Å². The Morgan fingerprint density at radius 3 is 2.44 bits per heavy atom. The molecule has 2 fully saturated rings. The average molecular weight is 415 g/mol. The normalized spacial score (nSPS) is 18.5. The lowest BCUT2D eigenvalue weighted by Crippen LogP contribution is -2.68. The number of benzene rings is 1. The molecule has 27 heavy (non-hydrogen) atoms. The van der Waals surface area contributed by atoms with Crippen LogP contribution in [0.2, 0.25) is 5.02 Å². The Bertz CT molecular complexity index is 918. The number of amides is 2. The van der Waals surface area contributed by atoms with Crippen LogP contribution < -0.4 is 5.32 Å². The number of carbonyl (C=O) groups is 2. The summed E-state index contributed by atoms with van der Waals surface area (Å²) in [4.78, 5) is 26.7. The topological polar surface area (TPSA) is 49.4 Å². The van der Waals surface area contributed by atoms with Gasteiger partial charge >= 0.3 is 6.18 Å². The molecule has 2 aliphatic rings. The van der Waals surface area contributed by atoms with Gasteiger partial charge in [0.2, 0.25) is 5.91 Å². The Kier molecular flexibility index (Phi) is 4.23. The van der Waals surface area contributed by atoms with Gasteiger partial charge in [0.1, 0.15) is 4.88 Å². The van der Waals surface area contributed by atoms with Crippen LogP contribution in [0.5, 0.6) is 0 Å². The number of nitrogens with zero attached hydrogens (tertiary/aromatic N) is 1. The lowest BCUT2D eigenvalue weighted by molar-refractivity contribution is -0.137. The zero-order valence-electron chi connectivity index (χ0n) is 13.9. The highest BCUT2D eigenvalue weighted by atomic mass is 35.5. The summed E-state index contributed by atoms with van der Waals surface area (Å²) in [5, 5.41) is 3.19. The molecule has 0 aliphatic carbocycles. The number of thiophene rings is 1. The van der Waals surface area contributed by atoms with E-state index in [1.165, 1.54) is 12.1 Å². The van der Waals surface area contributed by atoms with E-state index >= 15 is 0 Å². The van der Waals surface area contributed by atoms with E-state index in [1.807, 2.05) is 0 Å². The van der Waals surface area contributed by atoms with Gasteiger partial charge in [0.05, 0.1) is 16.1 Å². The first-order valence-corrected chi connectivity index (χ1v) is 9.44. The molecule has 0 atom stereocenters. The molecule has 1 N–H and O–H groups in total. The summed E-state index contributed by atoms with van der Waals surface area (Å²) in [6.07, 6.45) is -3.21. The fourth-order valence-corrected chi connectivity index (χ4v) is 4.86. The van der Waals surface area contributed by atoms with Gasteiger partial charge in [-0.3, -0.25) is 9.59 Å². The summed E-state index contributed by atoms with van der Waals surface area (Å²) >= 11 is 7.36. The second kappa shape index (κ2) is 6.24. The highest BCUT2D eigenvalue weighted by Gasteiger charge is 2.49. The molecule has 0 bridgehead atoms. The molecule has 2 aromatic rings. The van der Waals surface area contributed by atoms with Crippen molar-refractivity contribution < 1.29 is 22.8 Å². The lowest BCUT2D eigenvalue weighted by atomic mass is 9.88. The van der Waals surface area contributed by atoms with Crippen LogP contribution in [0, 0.1) is 0 Å². The SMILES string of the molecule is O=C1CCC2(CN(C(=O)c3sc(-c4ccc(C(F)(F)F)cc4)cc3Cl)C2)N1. The van der Waals surface area contributed by atoms with Crippen LogP contribution in [0.3, 0.4) is 0 Å². The minimum Gasteiger partial charge on any atom is -0.347 e. The minimum absolute atomic E-state index is 0.000782. The van der Waals surface area contributed by atoms with Crippen LogP contribution in [-0.4, -0.2) is 35.3 Å². The predicted octanol–water partition coefficient (Wildman–Crippen LogP) is 4.19. The standard InChI is InChI=1S/C18H14ClF3N2O2S/c19-12-7-13(10-1-3-11(4-2-10)18(20,21)22)27-15(12)16(26)24-8-17(9-24)6-5-14(25)23-17/h1-4,7H,5-6,8-9H2,(H,23,25). The highest BCUT2D eigenvalue weighted by molar-refractivity contribution is 7.18. The van der Waals surface area contributed by atoms with Crippen molar-refractivity contribution in [2.45, 2.75) is 24.6 Å². The van der Waals surface area contributed by atoms with E-state index < -0.39 is 11.7 Å². The van der Waals surface area contributed by atoms with Gasteiger partial charge in [-0.2, -0.15) is 13.2 Å². The Morgan fingerprint density at radius 2 is 1.89 bits per heavy atom. The van der Waals surface area contributed by atoms with E-state index in [-0.39, 0.29) is 22.4 Å². The molecule has 1 aromatic heterocycles. The number of likely N-dealkylation sites (tertiary alicyclic amines) is 1. The van der Waals surface area contributed by atoms with E-state index in [0.717, 1.165) is 23.5 Å². The second-order valence-corrected chi connectivity index (χ2v) is 8.31. The molecule has 2 saturated heterocycles. The largest absolute Gasteiger partial charge is 0.416 e. The second-order valence-electron chi connectivity index (χ2n) is 6.85. The lowest BCUT2D eigenvalue weighted by Gasteiger charge is -2.47. The van der Waals surface area contributed by atoms with Crippen LogP contribution in [-0.2, 0) is 11.0 Å². The van der Waals surface area contributed by atoms with Gasteiger partial charge in [-0.1, -0.05) is 23.7 Å². The van der Waals surface area contributed by atoms with Crippen molar-refractivity contribution in [2.75, 3.05) is 13.1 Å². The van der Waals surface area contributed by atoms with Crippen molar-refractivity contribution in [1.82, 2.24) is 10.2 Å². The molecule has 2 amide bonds. The Labute approximate surface area is 161 Å². The molecule has 0 radical (unpaired) electrons. The van der Waals surface area contributed by atoms with E-state index in [4.69, 9.17) is 11.6 Å². The molecule has 3 heterocycles. The summed E-state index contributed by atoms with van der Waals surface area (Å²) in [7, 11) is 0. The first-order chi connectivity index (χ1) is 12.7. The number of nitrogens with one attached hydrogen (secondary N) is 1. The number of rotatable bonds is 2. The zero-order chi connectivity index (χ0) is 19.4. The van der Waals surface area contributed by atoms with Crippen LogP contribution in [0.25, 0.3) is 10.4 Å². The highest BCUT2D eigenvalue weighted by Crippen LogP contribution is 2.39. The van der Waals surface area contributed by atoms with E-state index in [0.29, 0.717) is 41.2 Å². The third kappa shape index (κ3) is 3.32. The van der Waals surface area contributed by atoms with Crippen LogP contribution in [0.15, 0.2) is 30.3 Å². The number of hydrogen-bond acceptors (Lipinski definition) is 3. The smallest absolute Gasteiger partial charge is 0.347 e. The van der Waals surface area contributed by atoms with E-state index in [2.05, 4.69) is 5.32 Å². The average Bonchev–Trinajstić information content (AvgIpc) is 3.15. The monoisotopic (exact) mass is 414 g/mol. The van der Waals surface area contributed by atoms with Gasteiger partial charge in [0, 0.05) is 24.4 Å². The van der Waals surface area contributed by atoms with Gasteiger partial charge < -0.3 is 10.2 Å². The van der Waals surface area contributed by atoms with Crippen molar-refractivity contribution >= 4 is 34.8 Å². The van der Waals surface area contributed by atoms with Gasteiger partial charge in [0.15, 0.2) is 0 Å². The number of alkyl halides is 3. The maximum atomic E-state index is 12.7. The molecular formula is C18H14ClF3N2O2S. The van der Waals surface area contributed by atoms with Gasteiger partial charge in [-0.25, -0.2) is 0 Å². The van der Waals surface area contributed by atoms with Crippen molar-refractivity contribution in [3.05, 3.63) is 45.8 Å². The molecule has 142 valence electrons. The Balaban J connectivity index is 1.50. The van der Waals surface area contributed by atoms with E-state index in [9.17, 15) is 22.8 Å².